The molecule has 1 aromatic carbocycles. The van der Waals surface area contributed by atoms with Crippen LogP contribution in [0.15, 0.2) is 16.7 Å². The Morgan fingerprint density at radius 1 is 1.03 bits per heavy atom. The average Bonchev–Trinajstić information content (AvgIpc) is 3.20. The number of hydrogen-bond acceptors (Lipinski definition) is 8. The molecule has 0 aliphatic heterocycles. The molecule has 0 saturated carbocycles. The topological polar surface area (TPSA) is 125 Å². The van der Waals surface area contributed by atoms with Crippen molar-refractivity contribution in [2.45, 2.75) is 45.4 Å². The van der Waals surface area contributed by atoms with Gasteiger partial charge < -0.3 is 18.7 Å². The molecule has 0 aliphatic carbocycles. The van der Waals surface area contributed by atoms with Crippen LogP contribution in [-0.4, -0.2) is 43.3 Å². The highest BCUT2D eigenvalue weighted by atomic mass is 16.5. The largest absolute Gasteiger partial charge is 0.493 e. The first-order valence-corrected chi connectivity index (χ1v) is 9.41. The van der Waals surface area contributed by atoms with E-state index in [0.717, 1.165) is 0 Å². The normalized spacial score (nSPS) is 11.0. The van der Waals surface area contributed by atoms with Crippen LogP contribution in [0.4, 0.5) is 0 Å². The number of carbonyl (C=O) groups is 2. The summed E-state index contributed by atoms with van der Waals surface area (Å²) in [5.41, 5.74) is 4.79. The second-order valence-electron chi connectivity index (χ2n) is 7.53. The summed E-state index contributed by atoms with van der Waals surface area (Å²) >= 11 is 0. The third-order valence-corrected chi connectivity index (χ3v) is 4.18. The summed E-state index contributed by atoms with van der Waals surface area (Å²) in [6.45, 7) is 5.98. The van der Waals surface area contributed by atoms with Crippen LogP contribution in [-0.2, 0) is 16.6 Å². The number of hydrazine groups is 1. The van der Waals surface area contributed by atoms with E-state index in [0.29, 0.717) is 41.8 Å². The van der Waals surface area contributed by atoms with Crippen molar-refractivity contribution in [3.63, 3.8) is 0 Å². The lowest BCUT2D eigenvalue weighted by Crippen LogP contribution is -2.41. The summed E-state index contributed by atoms with van der Waals surface area (Å²) in [5.74, 6) is 1.29. The lowest BCUT2D eigenvalue weighted by Gasteiger charge is -2.14. The molecule has 0 unspecified atom stereocenters. The molecular weight excluding hydrogens is 392 g/mol. The first-order valence-electron chi connectivity index (χ1n) is 9.41. The van der Waals surface area contributed by atoms with Crippen LogP contribution < -0.4 is 25.1 Å². The van der Waals surface area contributed by atoms with Gasteiger partial charge in [-0.15, -0.1) is 0 Å². The Morgan fingerprint density at radius 3 is 2.17 bits per heavy atom. The predicted molar refractivity (Wildman–Crippen MR) is 108 cm³/mol. The number of aryl methyl sites for hydroxylation is 1. The molecule has 1 heterocycles. The first kappa shape index (κ1) is 23.0. The van der Waals surface area contributed by atoms with Gasteiger partial charge in [-0.1, -0.05) is 25.9 Å². The Morgan fingerprint density at radius 2 is 1.67 bits per heavy atom. The molecular formula is C20H28N4O6. The zero-order chi connectivity index (χ0) is 22.3. The van der Waals surface area contributed by atoms with Crippen LogP contribution in [0, 0.1) is 0 Å². The fourth-order valence-corrected chi connectivity index (χ4v) is 2.53. The van der Waals surface area contributed by atoms with Crippen LogP contribution in [0.3, 0.4) is 0 Å². The smallest absolute Gasteiger partial charge is 0.269 e. The molecule has 2 aromatic rings. The Hall–Kier alpha value is -3.30. The highest BCUT2D eigenvalue weighted by molar-refractivity contribution is 5.96. The van der Waals surface area contributed by atoms with E-state index in [1.54, 1.807) is 0 Å². The molecule has 2 N–H and O–H groups in total. The maximum absolute atomic E-state index is 12.4. The van der Waals surface area contributed by atoms with Crippen molar-refractivity contribution in [3.05, 3.63) is 29.4 Å². The van der Waals surface area contributed by atoms with Crippen molar-refractivity contribution in [3.8, 4) is 17.2 Å². The number of methoxy groups -OCH3 is 3. The highest BCUT2D eigenvalue weighted by Crippen LogP contribution is 2.38. The number of rotatable bonds is 8. The van der Waals surface area contributed by atoms with Crippen LogP contribution in [0.1, 0.15) is 55.7 Å². The molecule has 0 saturated heterocycles. The van der Waals surface area contributed by atoms with Gasteiger partial charge in [0.15, 0.2) is 17.3 Å². The molecule has 0 radical (unpaired) electrons. The third kappa shape index (κ3) is 5.85. The zero-order valence-electron chi connectivity index (χ0n) is 18.1. The Balaban J connectivity index is 1.86. The van der Waals surface area contributed by atoms with Gasteiger partial charge in [0.25, 0.3) is 5.91 Å². The molecule has 30 heavy (non-hydrogen) atoms. The van der Waals surface area contributed by atoms with E-state index in [9.17, 15) is 9.59 Å². The van der Waals surface area contributed by atoms with Crippen molar-refractivity contribution in [2.75, 3.05) is 21.3 Å². The molecule has 0 aliphatic rings. The number of carbonyl (C=O) groups excluding carboxylic acids is 2. The predicted octanol–water partition coefficient (Wildman–Crippen LogP) is 2.18. The number of ether oxygens (including phenoxy) is 3. The molecule has 2 rings (SSSR count). The standard InChI is InChI=1S/C20H28N4O6/c1-20(2,3)19-21-16(30-24-19)9-7-8-15(25)22-23-18(26)12-10-13(27-4)17(29-6)14(11-12)28-5/h10-11H,7-9H2,1-6H3,(H,22,25)(H,23,26). The molecule has 1 aromatic heterocycles. The minimum Gasteiger partial charge on any atom is -0.493 e. The first-order chi connectivity index (χ1) is 14.2. The van der Waals surface area contributed by atoms with E-state index in [1.165, 1.54) is 33.5 Å². The Bertz CT molecular complexity index is 863. The molecule has 2 amide bonds. The SMILES string of the molecule is COc1cc(C(=O)NNC(=O)CCCc2nc(C(C)(C)C)no2)cc(OC)c1OC. The van der Waals surface area contributed by atoms with Gasteiger partial charge in [-0.3, -0.25) is 20.4 Å². The number of hydrogen-bond donors (Lipinski definition) is 2. The van der Waals surface area contributed by atoms with Crippen molar-refractivity contribution in [1.82, 2.24) is 21.0 Å². The fourth-order valence-electron chi connectivity index (χ4n) is 2.53. The molecule has 0 fully saturated rings. The quantitative estimate of drug-likeness (QED) is 0.623. The number of nitrogens with one attached hydrogen (secondary N) is 2. The van der Waals surface area contributed by atoms with Crippen molar-refractivity contribution < 1.29 is 28.3 Å². The van der Waals surface area contributed by atoms with Gasteiger partial charge in [-0.2, -0.15) is 4.98 Å². The van der Waals surface area contributed by atoms with Crippen LogP contribution in [0.25, 0.3) is 0 Å². The van der Waals surface area contributed by atoms with Gasteiger partial charge in [-0.05, 0) is 18.6 Å². The molecule has 0 atom stereocenters. The van der Waals surface area contributed by atoms with Gasteiger partial charge in [0.2, 0.25) is 17.5 Å². The second-order valence-corrected chi connectivity index (χ2v) is 7.53. The summed E-state index contributed by atoms with van der Waals surface area (Å²) in [5, 5.41) is 3.95. The molecule has 10 nitrogen and oxygen atoms in total. The van der Waals surface area contributed by atoms with E-state index < -0.39 is 5.91 Å². The van der Waals surface area contributed by atoms with Crippen molar-refractivity contribution >= 4 is 11.8 Å². The number of nitrogens with zero attached hydrogens (tertiary/aromatic N) is 2. The number of amides is 2. The zero-order valence-corrected chi connectivity index (χ0v) is 18.1. The fraction of sp³-hybridized carbons (Fsp3) is 0.500. The van der Waals surface area contributed by atoms with Gasteiger partial charge in [0, 0.05) is 23.8 Å². The van der Waals surface area contributed by atoms with E-state index in [4.69, 9.17) is 18.7 Å². The number of aromatic nitrogens is 2. The van der Waals surface area contributed by atoms with Gasteiger partial charge in [0.1, 0.15) is 0 Å². The minimum absolute atomic E-state index is 0.183. The third-order valence-electron chi connectivity index (χ3n) is 4.18. The van der Waals surface area contributed by atoms with Gasteiger partial charge >= 0.3 is 0 Å². The second kappa shape index (κ2) is 9.95. The summed E-state index contributed by atoms with van der Waals surface area (Å²) in [6.07, 6.45) is 1.15. The monoisotopic (exact) mass is 420 g/mol. The summed E-state index contributed by atoms with van der Waals surface area (Å²) in [6, 6.07) is 2.98. The summed E-state index contributed by atoms with van der Waals surface area (Å²) in [7, 11) is 4.38. The lowest BCUT2D eigenvalue weighted by atomic mass is 9.96. The van der Waals surface area contributed by atoms with Gasteiger partial charge in [-0.25, -0.2) is 0 Å². The van der Waals surface area contributed by atoms with E-state index in [2.05, 4.69) is 21.0 Å². The van der Waals surface area contributed by atoms with Crippen LogP contribution in [0.2, 0.25) is 0 Å². The molecule has 164 valence electrons. The van der Waals surface area contributed by atoms with Crippen molar-refractivity contribution in [2.24, 2.45) is 0 Å². The Labute approximate surface area is 175 Å². The van der Waals surface area contributed by atoms with E-state index >= 15 is 0 Å². The van der Waals surface area contributed by atoms with Crippen LogP contribution in [0.5, 0.6) is 17.2 Å². The highest BCUT2D eigenvalue weighted by Gasteiger charge is 2.21. The maximum atomic E-state index is 12.4. The number of benzene rings is 1. The van der Waals surface area contributed by atoms with Crippen molar-refractivity contribution in [1.29, 1.82) is 0 Å². The van der Waals surface area contributed by atoms with Gasteiger partial charge in [0.05, 0.1) is 21.3 Å². The minimum atomic E-state index is -0.519. The summed E-state index contributed by atoms with van der Waals surface area (Å²) in [4.78, 5) is 28.7. The van der Waals surface area contributed by atoms with E-state index in [1.807, 2.05) is 20.8 Å². The van der Waals surface area contributed by atoms with E-state index in [-0.39, 0.29) is 23.3 Å². The molecule has 0 bridgehead atoms. The lowest BCUT2D eigenvalue weighted by molar-refractivity contribution is -0.121. The average molecular weight is 420 g/mol. The maximum Gasteiger partial charge on any atom is 0.269 e. The summed E-state index contributed by atoms with van der Waals surface area (Å²) < 4.78 is 20.9. The molecule has 0 spiro atoms. The molecule has 10 heteroatoms. The van der Waals surface area contributed by atoms with Crippen LogP contribution >= 0.6 is 0 Å². The Kier molecular flexibility index (Phi) is 7.62.